The maximum atomic E-state index is 12.7. The smallest absolute Gasteiger partial charge is 0.261 e. The summed E-state index contributed by atoms with van der Waals surface area (Å²) < 4.78 is 22.9. The summed E-state index contributed by atoms with van der Waals surface area (Å²) in [6.07, 6.45) is 1.62. The summed E-state index contributed by atoms with van der Waals surface area (Å²) in [6, 6.07) is 4.52. The van der Waals surface area contributed by atoms with Crippen LogP contribution in [0, 0.1) is 5.41 Å². The van der Waals surface area contributed by atoms with Crippen molar-refractivity contribution in [3.8, 4) is 0 Å². The molecular weight excluding hydrogens is 310 g/mol. The number of amides is 1. The van der Waals surface area contributed by atoms with Gasteiger partial charge in [-0.1, -0.05) is 26.8 Å². The highest BCUT2D eigenvalue weighted by molar-refractivity contribution is 8.13. The van der Waals surface area contributed by atoms with Crippen molar-refractivity contribution in [2.45, 2.75) is 38.5 Å². The van der Waals surface area contributed by atoms with Gasteiger partial charge in [0.1, 0.15) is 0 Å². The van der Waals surface area contributed by atoms with Gasteiger partial charge in [0.2, 0.25) is 0 Å². The van der Waals surface area contributed by atoms with Gasteiger partial charge in [0.25, 0.3) is 15.0 Å². The molecule has 0 atom stereocenters. The molecule has 0 aromatic heterocycles. The Morgan fingerprint density at radius 1 is 1.38 bits per heavy atom. The van der Waals surface area contributed by atoms with Crippen molar-refractivity contribution >= 4 is 25.6 Å². The molecule has 1 aromatic carbocycles. The second-order valence-corrected chi connectivity index (χ2v) is 8.82. The zero-order chi connectivity index (χ0) is 15.8. The third-order valence-corrected chi connectivity index (χ3v) is 5.29. The molecule has 1 aromatic rings. The zero-order valence-corrected chi connectivity index (χ0v) is 14.1. The molecular formula is C15H20ClNO3S. The van der Waals surface area contributed by atoms with Crippen LogP contribution in [0.3, 0.4) is 0 Å². The van der Waals surface area contributed by atoms with E-state index in [1.165, 1.54) is 12.1 Å². The largest absolute Gasteiger partial charge is 0.338 e. The van der Waals surface area contributed by atoms with E-state index in [-0.39, 0.29) is 16.2 Å². The van der Waals surface area contributed by atoms with Crippen LogP contribution in [0.2, 0.25) is 0 Å². The molecule has 1 aliphatic heterocycles. The summed E-state index contributed by atoms with van der Waals surface area (Å²) in [5.41, 5.74) is 1.39. The Morgan fingerprint density at radius 3 is 2.52 bits per heavy atom. The van der Waals surface area contributed by atoms with Crippen molar-refractivity contribution in [3.63, 3.8) is 0 Å². The molecule has 0 bridgehead atoms. The van der Waals surface area contributed by atoms with Gasteiger partial charge in [-0.2, -0.15) is 0 Å². The third kappa shape index (κ3) is 3.58. The molecule has 0 spiro atoms. The number of carbonyl (C=O) groups excluding carboxylic acids is 1. The molecule has 1 aliphatic rings. The van der Waals surface area contributed by atoms with Gasteiger partial charge in [-0.05, 0) is 36.0 Å². The number of hydrogen-bond donors (Lipinski definition) is 0. The van der Waals surface area contributed by atoms with Crippen LogP contribution in [-0.4, -0.2) is 32.3 Å². The Balaban J connectivity index is 2.40. The number of halogens is 1. The van der Waals surface area contributed by atoms with Crippen LogP contribution < -0.4 is 0 Å². The summed E-state index contributed by atoms with van der Waals surface area (Å²) in [6.45, 7) is 7.58. The van der Waals surface area contributed by atoms with Crippen LogP contribution in [0.5, 0.6) is 0 Å². The highest BCUT2D eigenvalue weighted by Gasteiger charge is 2.33. The number of likely N-dealkylation sites (tertiary alicyclic amines) is 1. The van der Waals surface area contributed by atoms with Crippen molar-refractivity contribution in [2.75, 3.05) is 13.1 Å². The fourth-order valence-corrected chi connectivity index (χ4v) is 3.45. The first-order valence-corrected chi connectivity index (χ1v) is 9.32. The van der Waals surface area contributed by atoms with Crippen molar-refractivity contribution in [1.82, 2.24) is 4.90 Å². The summed E-state index contributed by atoms with van der Waals surface area (Å²) in [7, 11) is 1.55. The van der Waals surface area contributed by atoms with Gasteiger partial charge in [-0.3, -0.25) is 4.79 Å². The first-order valence-electron chi connectivity index (χ1n) is 7.01. The predicted octanol–water partition coefficient (Wildman–Crippen LogP) is 3.05. The summed E-state index contributed by atoms with van der Waals surface area (Å²) in [4.78, 5) is 14.4. The molecule has 21 heavy (non-hydrogen) atoms. The Morgan fingerprint density at radius 2 is 2.05 bits per heavy atom. The third-order valence-electron chi connectivity index (χ3n) is 3.94. The van der Waals surface area contributed by atoms with Crippen LogP contribution in [0.4, 0.5) is 0 Å². The van der Waals surface area contributed by atoms with Crippen molar-refractivity contribution in [3.05, 3.63) is 29.3 Å². The number of carbonyl (C=O) groups is 1. The van der Waals surface area contributed by atoms with Gasteiger partial charge in [-0.25, -0.2) is 8.42 Å². The lowest BCUT2D eigenvalue weighted by Crippen LogP contribution is -2.31. The Bertz CT molecular complexity index is 667. The van der Waals surface area contributed by atoms with Crippen LogP contribution in [-0.2, 0) is 15.5 Å². The molecule has 4 nitrogen and oxygen atoms in total. The molecule has 0 saturated carbocycles. The molecule has 116 valence electrons. The van der Waals surface area contributed by atoms with Crippen LogP contribution >= 0.6 is 10.7 Å². The lowest BCUT2D eigenvalue weighted by Gasteiger charge is -2.21. The van der Waals surface area contributed by atoms with Crippen LogP contribution in [0.15, 0.2) is 23.1 Å². The number of benzene rings is 1. The second kappa shape index (κ2) is 5.61. The van der Waals surface area contributed by atoms with Crippen molar-refractivity contribution < 1.29 is 13.2 Å². The normalized spacial score (nSPS) is 18.0. The number of nitrogens with zero attached hydrogens (tertiary/aromatic N) is 1. The average molecular weight is 330 g/mol. The number of hydrogen-bond acceptors (Lipinski definition) is 3. The van der Waals surface area contributed by atoms with E-state index in [2.05, 4.69) is 13.8 Å². The Kier molecular flexibility index (Phi) is 4.36. The number of aryl methyl sites for hydroxylation is 1. The molecule has 0 N–H and O–H groups in total. The van der Waals surface area contributed by atoms with E-state index in [9.17, 15) is 13.2 Å². The predicted molar refractivity (Wildman–Crippen MR) is 83.2 cm³/mol. The lowest BCUT2D eigenvalue weighted by molar-refractivity contribution is 0.0777. The van der Waals surface area contributed by atoms with Gasteiger partial charge in [-0.15, -0.1) is 0 Å². The standard InChI is InChI=1S/C15H20ClNO3S/c1-4-11-5-6-12(21(16,19)20)9-13(11)14(18)17-8-7-15(2,3)10-17/h5-6,9H,4,7-8,10H2,1-3H3. The topological polar surface area (TPSA) is 54.5 Å². The van der Waals surface area contributed by atoms with Gasteiger partial charge in [0.15, 0.2) is 0 Å². The minimum absolute atomic E-state index is 0.0248. The quantitative estimate of drug-likeness (QED) is 0.801. The maximum Gasteiger partial charge on any atom is 0.261 e. The van der Waals surface area contributed by atoms with E-state index in [1.807, 2.05) is 6.92 Å². The van der Waals surface area contributed by atoms with E-state index < -0.39 is 9.05 Å². The van der Waals surface area contributed by atoms with Crippen LogP contribution in [0.1, 0.15) is 43.1 Å². The second-order valence-electron chi connectivity index (χ2n) is 6.25. The fourth-order valence-electron chi connectivity index (χ4n) is 2.67. The molecule has 1 heterocycles. The first kappa shape index (κ1) is 16.3. The minimum Gasteiger partial charge on any atom is -0.338 e. The maximum absolute atomic E-state index is 12.7. The molecule has 1 amide bonds. The summed E-state index contributed by atoms with van der Waals surface area (Å²) >= 11 is 0. The molecule has 1 saturated heterocycles. The monoisotopic (exact) mass is 329 g/mol. The molecule has 1 fully saturated rings. The summed E-state index contributed by atoms with van der Waals surface area (Å²) in [5, 5.41) is 0. The SMILES string of the molecule is CCc1ccc(S(=O)(=O)Cl)cc1C(=O)N1CCC(C)(C)C1. The van der Waals surface area contributed by atoms with Crippen LogP contribution in [0.25, 0.3) is 0 Å². The molecule has 0 unspecified atom stereocenters. The van der Waals surface area contributed by atoms with E-state index in [0.717, 1.165) is 12.0 Å². The highest BCUT2D eigenvalue weighted by Crippen LogP contribution is 2.31. The van der Waals surface area contributed by atoms with Gasteiger partial charge < -0.3 is 4.90 Å². The minimum atomic E-state index is -3.83. The van der Waals surface area contributed by atoms with E-state index >= 15 is 0 Å². The molecule has 0 aliphatic carbocycles. The summed E-state index contributed by atoms with van der Waals surface area (Å²) in [5.74, 6) is -0.111. The molecule has 0 radical (unpaired) electrons. The average Bonchev–Trinajstić information content (AvgIpc) is 2.76. The van der Waals surface area contributed by atoms with Gasteiger partial charge in [0, 0.05) is 29.3 Å². The van der Waals surface area contributed by atoms with E-state index in [0.29, 0.717) is 25.1 Å². The first-order chi connectivity index (χ1) is 9.64. The highest BCUT2D eigenvalue weighted by atomic mass is 35.7. The Hall–Kier alpha value is -1.07. The van der Waals surface area contributed by atoms with Crippen molar-refractivity contribution in [1.29, 1.82) is 0 Å². The Labute approximate surface area is 130 Å². The fraction of sp³-hybridized carbons (Fsp3) is 0.533. The van der Waals surface area contributed by atoms with Gasteiger partial charge in [0.05, 0.1) is 4.90 Å². The van der Waals surface area contributed by atoms with E-state index in [1.54, 1.807) is 11.0 Å². The van der Waals surface area contributed by atoms with Crippen molar-refractivity contribution in [2.24, 2.45) is 5.41 Å². The lowest BCUT2D eigenvalue weighted by atomic mass is 9.93. The molecule has 2 rings (SSSR count). The van der Waals surface area contributed by atoms with E-state index in [4.69, 9.17) is 10.7 Å². The van der Waals surface area contributed by atoms with Gasteiger partial charge >= 0.3 is 0 Å². The molecule has 6 heteroatoms. The number of rotatable bonds is 3. The zero-order valence-electron chi connectivity index (χ0n) is 12.5.